The van der Waals surface area contributed by atoms with Gasteiger partial charge in [-0.3, -0.25) is 5.43 Å². The van der Waals surface area contributed by atoms with Gasteiger partial charge in [-0.1, -0.05) is 30.3 Å². The van der Waals surface area contributed by atoms with Crippen molar-refractivity contribution in [1.82, 2.24) is 5.43 Å². The minimum absolute atomic E-state index is 0.595. The number of hydrogen-bond donors (Lipinski definition) is 1. The largest absolute Gasteiger partial charge is 0.461 e. The molecule has 0 saturated carbocycles. The molecular weight excluding hydrogens is 352 g/mol. The quantitative estimate of drug-likeness (QED) is 0.764. The second kappa shape index (κ2) is 7.32. The highest BCUT2D eigenvalue weighted by Gasteiger charge is 2.18. The Morgan fingerprint density at radius 1 is 0.893 bits per heavy atom. The maximum Gasteiger partial charge on any atom is 0.190 e. The first-order valence-corrected chi connectivity index (χ1v) is 9.37. The van der Waals surface area contributed by atoms with Crippen LogP contribution < -0.4 is 10.3 Å². The Morgan fingerprint density at radius 3 is 2.50 bits per heavy atom. The number of hydrazone groups is 1. The van der Waals surface area contributed by atoms with E-state index in [1.54, 1.807) is 6.26 Å². The lowest BCUT2D eigenvalue weighted by atomic mass is 10.0. The van der Waals surface area contributed by atoms with Gasteiger partial charge >= 0.3 is 0 Å². The number of benzene rings is 2. The van der Waals surface area contributed by atoms with Crippen LogP contribution in [0.2, 0.25) is 0 Å². The van der Waals surface area contributed by atoms with E-state index in [0.29, 0.717) is 11.6 Å². The number of aliphatic imine (C=N–C) groups is 1. The zero-order valence-electron chi connectivity index (χ0n) is 15.3. The highest BCUT2D eigenvalue weighted by atomic mass is 16.5. The van der Waals surface area contributed by atoms with Crippen molar-refractivity contribution in [2.75, 3.05) is 31.2 Å². The summed E-state index contributed by atoms with van der Waals surface area (Å²) in [4.78, 5) is 7.06. The van der Waals surface area contributed by atoms with Crippen molar-refractivity contribution in [3.05, 3.63) is 83.8 Å². The van der Waals surface area contributed by atoms with Gasteiger partial charge in [0, 0.05) is 29.9 Å². The van der Waals surface area contributed by atoms with E-state index in [2.05, 4.69) is 39.7 Å². The van der Waals surface area contributed by atoms with Gasteiger partial charge in [0.1, 0.15) is 0 Å². The minimum atomic E-state index is 0.595. The zero-order chi connectivity index (χ0) is 18.8. The van der Waals surface area contributed by atoms with Gasteiger partial charge in [-0.25, -0.2) is 4.99 Å². The second-order valence-electron chi connectivity index (χ2n) is 6.67. The van der Waals surface area contributed by atoms with Gasteiger partial charge in [-0.05, 0) is 30.3 Å². The molecule has 0 radical (unpaired) electrons. The molecule has 3 heterocycles. The first-order valence-electron chi connectivity index (χ1n) is 9.37. The van der Waals surface area contributed by atoms with E-state index in [0.717, 1.165) is 48.8 Å². The van der Waals surface area contributed by atoms with Crippen molar-refractivity contribution in [3.63, 3.8) is 0 Å². The van der Waals surface area contributed by atoms with Gasteiger partial charge < -0.3 is 14.1 Å². The highest BCUT2D eigenvalue weighted by Crippen LogP contribution is 2.26. The fourth-order valence-electron chi connectivity index (χ4n) is 3.48. The van der Waals surface area contributed by atoms with Crippen molar-refractivity contribution >= 4 is 22.9 Å². The van der Waals surface area contributed by atoms with Crippen LogP contribution in [0.25, 0.3) is 0 Å². The molecule has 6 heteroatoms. The molecule has 0 atom stereocenters. The number of hydrogen-bond acceptors (Lipinski definition) is 6. The van der Waals surface area contributed by atoms with Crippen molar-refractivity contribution in [1.29, 1.82) is 0 Å². The highest BCUT2D eigenvalue weighted by molar-refractivity contribution is 6.17. The average molecular weight is 372 g/mol. The van der Waals surface area contributed by atoms with Gasteiger partial charge in [-0.15, -0.1) is 0 Å². The molecule has 1 N–H and O–H groups in total. The number of nitrogens with one attached hydrogen (secondary N) is 1. The molecular formula is C22H20N4O2. The molecule has 1 saturated heterocycles. The summed E-state index contributed by atoms with van der Waals surface area (Å²) in [5.74, 6) is 1.25. The number of amidine groups is 1. The molecule has 0 amide bonds. The van der Waals surface area contributed by atoms with Gasteiger partial charge in [-0.2, -0.15) is 5.10 Å². The number of fused-ring (bicyclic) bond motifs is 1. The Labute approximate surface area is 163 Å². The molecule has 0 unspecified atom stereocenters. The van der Waals surface area contributed by atoms with E-state index < -0.39 is 0 Å². The van der Waals surface area contributed by atoms with Gasteiger partial charge in [0.2, 0.25) is 0 Å². The summed E-state index contributed by atoms with van der Waals surface area (Å²) in [6.07, 6.45) is 1.63. The summed E-state index contributed by atoms with van der Waals surface area (Å²) in [5, 5.41) is 4.66. The minimum Gasteiger partial charge on any atom is -0.461 e. The fraction of sp³-hybridized carbons (Fsp3) is 0.182. The predicted octanol–water partition coefficient (Wildman–Crippen LogP) is 3.55. The molecule has 3 aromatic rings. The van der Waals surface area contributed by atoms with Crippen LogP contribution in [0, 0.1) is 0 Å². The molecule has 1 fully saturated rings. The Balaban J connectivity index is 1.50. The van der Waals surface area contributed by atoms with E-state index in [4.69, 9.17) is 14.1 Å². The van der Waals surface area contributed by atoms with Crippen LogP contribution >= 0.6 is 0 Å². The molecule has 1 aromatic heterocycles. The Bertz CT molecular complexity index is 1020. The van der Waals surface area contributed by atoms with E-state index in [1.807, 2.05) is 36.4 Å². The number of morpholine rings is 1. The number of anilines is 1. The molecule has 0 aliphatic carbocycles. The van der Waals surface area contributed by atoms with Crippen molar-refractivity contribution in [3.8, 4) is 0 Å². The molecule has 140 valence electrons. The zero-order valence-corrected chi connectivity index (χ0v) is 15.3. The Kier molecular flexibility index (Phi) is 4.39. The average Bonchev–Trinajstić information content (AvgIpc) is 3.23. The third kappa shape index (κ3) is 3.18. The first kappa shape index (κ1) is 16.8. The fourth-order valence-corrected chi connectivity index (χ4v) is 3.48. The van der Waals surface area contributed by atoms with Crippen molar-refractivity contribution in [2.24, 2.45) is 10.1 Å². The van der Waals surface area contributed by atoms with Gasteiger partial charge in [0.15, 0.2) is 11.6 Å². The summed E-state index contributed by atoms with van der Waals surface area (Å²) in [7, 11) is 0. The van der Waals surface area contributed by atoms with Gasteiger partial charge in [0.05, 0.1) is 30.9 Å². The third-order valence-electron chi connectivity index (χ3n) is 4.94. The molecule has 5 rings (SSSR count). The SMILES string of the molecule is c1coc(C2=Nc3ccccc3C(c3ccc(N4CCOCC4)cc3)=NN2)c1. The summed E-state index contributed by atoms with van der Waals surface area (Å²) in [5.41, 5.74) is 8.01. The number of ether oxygens (including phenoxy) is 1. The van der Waals surface area contributed by atoms with Gasteiger partial charge in [0.25, 0.3) is 0 Å². The normalized spacial score (nSPS) is 16.5. The molecule has 28 heavy (non-hydrogen) atoms. The van der Waals surface area contributed by atoms with Crippen molar-refractivity contribution < 1.29 is 9.15 Å². The van der Waals surface area contributed by atoms with Crippen LogP contribution in [-0.2, 0) is 4.74 Å². The van der Waals surface area contributed by atoms with E-state index >= 15 is 0 Å². The number of rotatable bonds is 3. The van der Waals surface area contributed by atoms with E-state index in [9.17, 15) is 0 Å². The summed E-state index contributed by atoms with van der Waals surface area (Å²) < 4.78 is 10.9. The Hall–Kier alpha value is -3.38. The smallest absolute Gasteiger partial charge is 0.190 e. The molecule has 6 nitrogen and oxygen atoms in total. The van der Waals surface area contributed by atoms with E-state index in [1.165, 1.54) is 5.69 Å². The number of furan rings is 1. The summed E-state index contributed by atoms with van der Waals surface area (Å²) in [6.45, 7) is 3.40. The summed E-state index contributed by atoms with van der Waals surface area (Å²) >= 11 is 0. The first-order chi connectivity index (χ1) is 13.9. The number of para-hydroxylation sites is 1. The van der Waals surface area contributed by atoms with Crippen LogP contribution in [-0.4, -0.2) is 37.9 Å². The van der Waals surface area contributed by atoms with Crippen LogP contribution in [0.1, 0.15) is 16.9 Å². The maximum absolute atomic E-state index is 5.49. The van der Waals surface area contributed by atoms with Crippen LogP contribution in [0.3, 0.4) is 0 Å². The second-order valence-corrected chi connectivity index (χ2v) is 6.67. The standard InChI is InChI=1S/C22H20N4O2/c1-2-5-19-18(4-1)21(24-25-22(23-19)20-6-3-13-28-20)16-7-9-17(10-8-16)26-11-14-27-15-12-26/h1-10,13H,11-12,14-15H2,(H,23,25). The molecule has 2 aromatic carbocycles. The van der Waals surface area contributed by atoms with Crippen LogP contribution in [0.5, 0.6) is 0 Å². The number of nitrogens with zero attached hydrogens (tertiary/aromatic N) is 3. The van der Waals surface area contributed by atoms with E-state index in [-0.39, 0.29) is 0 Å². The monoisotopic (exact) mass is 372 g/mol. The lowest BCUT2D eigenvalue weighted by molar-refractivity contribution is 0.122. The lowest BCUT2D eigenvalue weighted by Gasteiger charge is -2.29. The van der Waals surface area contributed by atoms with Crippen LogP contribution in [0.4, 0.5) is 11.4 Å². The topological polar surface area (TPSA) is 62.4 Å². The third-order valence-corrected chi connectivity index (χ3v) is 4.94. The maximum atomic E-state index is 5.49. The molecule has 0 spiro atoms. The molecule has 2 aliphatic heterocycles. The molecule has 2 aliphatic rings. The predicted molar refractivity (Wildman–Crippen MR) is 110 cm³/mol. The van der Waals surface area contributed by atoms with Crippen LogP contribution in [0.15, 0.2) is 81.4 Å². The van der Waals surface area contributed by atoms with Crippen molar-refractivity contribution in [2.45, 2.75) is 0 Å². The lowest BCUT2D eigenvalue weighted by Crippen LogP contribution is -2.36. The Morgan fingerprint density at radius 2 is 1.71 bits per heavy atom. The molecule has 0 bridgehead atoms. The summed E-state index contributed by atoms with van der Waals surface area (Å²) in [6, 6.07) is 20.2.